The number of thiazole rings is 1. The lowest BCUT2D eigenvalue weighted by atomic mass is 10.1. The molecule has 6 heteroatoms. The summed E-state index contributed by atoms with van der Waals surface area (Å²) in [4.78, 5) is 17.4. The third-order valence-corrected chi connectivity index (χ3v) is 5.71. The third-order valence-electron chi connectivity index (χ3n) is 3.68. The van der Waals surface area contributed by atoms with Gasteiger partial charge in [-0.2, -0.15) is 0 Å². The van der Waals surface area contributed by atoms with Crippen molar-refractivity contribution in [1.82, 2.24) is 4.98 Å². The normalized spacial score (nSPS) is 20.3. The number of aromatic nitrogens is 1. The van der Waals surface area contributed by atoms with E-state index in [4.69, 9.17) is 0 Å². The van der Waals surface area contributed by atoms with E-state index in [1.165, 1.54) is 21.8 Å². The molecule has 0 unspecified atom stereocenters. The predicted octanol–water partition coefficient (Wildman–Crippen LogP) is 4.63. The van der Waals surface area contributed by atoms with Crippen LogP contribution in [0.15, 0.2) is 29.6 Å². The number of aryl methyl sites for hydroxylation is 1. The molecule has 2 atom stereocenters. The highest BCUT2D eigenvalue weighted by molar-refractivity contribution is 7.22. The van der Waals surface area contributed by atoms with Gasteiger partial charge in [0.25, 0.3) is 0 Å². The minimum absolute atomic E-state index is 0.263. The molecule has 112 valence electrons. The highest BCUT2D eigenvalue weighted by Crippen LogP contribution is 2.36. The first-order valence-corrected chi connectivity index (χ1v) is 8.71. The number of carbonyl (C=O) groups is 1. The second kappa shape index (κ2) is 5.14. The van der Waals surface area contributed by atoms with Crippen molar-refractivity contribution >= 4 is 43.9 Å². The van der Waals surface area contributed by atoms with E-state index >= 15 is 0 Å². The number of nitrogens with one attached hydrogen (secondary N) is 1. The molecule has 0 radical (unpaired) electrons. The van der Waals surface area contributed by atoms with Crippen molar-refractivity contribution in [3.63, 3.8) is 0 Å². The zero-order valence-electron chi connectivity index (χ0n) is 11.8. The van der Waals surface area contributed by atoms with Gasteiger partial charge < -0.3 is 5.32 Å². The van der Waals surface area contributed by atoms with Gasteiger partial charge in [0.05, 0.1) is 16.1 Å². The Balaban J connectivity index is 1.62. The fraction of sp³-hybridized carbons (Fsp3) is 0.250. The van der Waals surface area contributed by atoms with Crippen LogP contribution in [0.2, 0.25) is 0 Å². The van der Waals surface area contributed by atoms with E-state index < -0.39 is 12.1 Å². The van der Waals surface area contributed by atoms with Crippen molar-refractivity contribution < 1.29 is 9.18 Å². The highest BCUT2D eigenvalue weighted by Gasteiger charge is 2.43. The van der Waals surface area contributed by atoms with Crippen LogP contribution in [0.3, 0.4) is 0 Å². The molecule has 22 heavy (non-hydrogen) atoms. The van der Waals surface area contributed by atoms with Gasteiger partial charge in [0, 0.05) is 4.88 Å². The van der Waals surface area contributed by atoms with E-state index in [0.29, 0.717) is 11.6 Å². The van der Waals surface area contributed by atoms with Crippen LogP contribution in [0, 0.1) is 12.8 Å². The Morgan fingerprint density at radius 2 is 2.23 bits per heavy atom. The van der Waals surface area contributed by atoms with Crippen LogP contribution in [0.25, 0.3) is 20.7 Å². The van der Waals surface area contributed by atoms with Gasteiger partial charge in [-0.3, -0.25) is 4.79 Å². The van der Waals surface area contributed by atoms with Crippen LogP contribution < -0.4 is 5.32 Å². The second-order valence-electron chi connectivity index (χ2n) is 5.54. The van der Waals surface area contributed by atoms with Crippen LogP contribution in [0.1, 0.15) is 12.0 Å². The number of thiophene rings is 1. The quantitative estimate of drug-likeness (QED) is 0.760. The summed E-state index contributed by atoms with van der Waals surface area (Å²) in [5.74, 6) is -0.752. The van der Waals surface area contributed by atoms with Gasteiger partial charge >= 0.3 is 0 Å². The summed E-state index contributed by atoms with van der Waals surface area (Å²) in [6.07, 6.45) is -0.651. The molecule has 3 nitrogen and oxygen atoms in total. The van der Waals surface area contributed by atoms with Gasteiger partial charge in [-0.25, -0.2) is 9.37 Å². The number of alkyl halides is 1. The summed E-state index contributed by atoms with van der Waals surface area (Å²) in [5, 5.41) is 5.38. The highest BCUT2D eigenvalue weighted by atomic mass is 32.1. The monoisotopic (exact) mass is 332 g/mol. The van der Waals surface area contributed by atoms with Crippen molar-refractivity contribution in [3.05, 3.63) is 35.2 Å². The van der Waals surface area contributed by atoms with Crippen LogP contribution in [-0.2, 0) is 4.79 Å². The molecule has 0 aliphatic heterocycles. The summed E-state index contributed by atoms with van der Waals surface area (Å²) in [5.41, 5.74) is 3.26. The van der Waals surface area contributed by atoms with Crippen LogP contribution in [0.4, 0.5) is 9.52 Å². The van der Waals surface area contributed by atoms with Gasteiger partial charge in [0.2, 0.25) is 5.91 Å². The van der Waals surface area contributed by atoms with Crippen molar-refractivity contribution in [2.24, 2.45) is 5.92 Å². The van der Waals surface area contributed by atoms with E-state index in [1.807, 2.05) is 12.1 Å². The SMILES string of the molecule is Cc1csc(-c2ccc3nc(NC(=O)[C@@H]4C[C@@H]4F)sc3c2)c1. The van der Waals surface area contributed by atoms with Gasteiger partial charge in [-0.15, -0.1) is 11.3 Å². The molecule has 1 aliphatic carbocycles. The largest absolute Gasteiger partial charge is 0.302 e. The van der Waals surface area contributed by atoms with Crippen molar-refractivity contribution in [2.45, 2.75) is 19.5 Å². The van der Waals surface area contributed by atoms with E-state index in [0.717, 1.165) is 15.8 Å². The molecule has 0 spiro atoms. The average molecular weight is 332 g/mol. The third kappa shape index (κ3) is 2.53. The summed E-state index contributed by atoms with van der Waals surface area (Å²) in [6.45, 7) is 2.08. The Morgan fingerprint density at radius 3 is 2.91 bits per heavy atom. The van der Waals surface area contributed by atoms with Gasteiger partial charge in [-0.05, 0) is 48.1 Å². The summed E-state index contributed by atoms with van der Waals surface area (Å²) < 4.78 is 13.9. The minimum atomic E-state index is -0.983. The number of anilines is 1. The maximum Gasteiger partial charge on any atom is 0.232 e. The molecule has 2 aromatic heterocycles. The molecule has 1 saturated carbocycles. The Morgan fingerprint density at radius 1 is 1.41 bits per heavy atom. The van der Waals surface area contributed by atoms with Crippen LogP contribution in [0.5, 0.6) is 0 Å². The fourth-order valence-corrected chi connectivity index (χ4v) is 4.15. The average Bonchev–Trinajstić information content (AvgIpc) is 2.90. The number of fused-ring (bicyclic) bond motifs is 1. The maximum atomic E-state index is 12.9. The van der Waals surface area contributed by atoms with Gasteiger partial charge in [0.1, 0.15) is 6.17 Å². The second-order valence-corrected chi connectivity index (χ2v) is 7.48. The molecule has 1 aromatic carbocycles. The number of amides is 1. The Labute approximate surface area is 134 Å². The molecule has 0 saturated heterocycles. The van der Waals surface area contributed by atoms with Crippen molar-refractivity contribution in [2.75, 3.05) is 5.32 Å². The molecule has 1 amide bonds. The first-order chi connectivity index (χ1) is 10.6. The number of hydrogen-bond acceptors (Lipinski definition) is 4. The number of rotatable bonds is 3. The van der Waals surface area contributed by atoms with Gasteiger partial charge in [0.15, 0.2) is 5.13 Å². The lowest BCUT2D eigenvalue weighted by Gasteiger charge is -1.97. The number of benzene rings is 1. The van der Waals surface area contributed by atoms with E-state index in [2.05, 4.69) is 34.7 Å². The standard InChI is InChI=1S/C16H13FN2OS2/c1-8-4-13(21-7-8)9-2-3-12-14(5-9)22-16(18-12)19-15(20)10-6-11(10)17/h2-5,7,10-11H,6H2,1H3,(H,18,19,20)/t10-,11+/m1/s1. The first-order valence-electron chi connectivity index (χ1n) is 7.01. The molecular weight excluding hydrogens is 319 g/mol. The molecule has 4 rings (SSSR count). The molecule has 1 N–H and O–H groups in total. The first kappa shape index (κ1) is 13.8. The molecule has 3 aromatic rings. The molecular formula is C16H13FN2OS2. The fourth-order valence-electron chi connectivity index (χ4n) is 2.35. The lowest BCUT2D eigenvalue weighted by molar-refractivity contribution is -0.117. The predicted molar refractivity (Wildman–Crippen MR) is 89.3 cm³/mol. The minimum Gasteiger partial charge on any atom is -0.302 e. The molecule has 0 bridgehead atoms. The molecule has 1 fully saturated rings. The summed E-state index contributed by atoms with van der Waals surface area (Å²) in [7, 11) is 0. The van der Waals surface area contributed by atoms with Crippen molar-refractivity contribution in [3.8, 4) is 10.4 Å². The number of nitrogens with zero attached hydrogens (tertiary/aromatic N) is 1. The molecule has 1 aliphatic rings. The Kier molecular flexibility index (Phi) is 3.23. The summed E-state index contributed by atoms with van der Waals surface area (Å²) >= 11 is 3.14. The maximum absolute atomic E-state index is 12.9. The van der Waals surface area contributed by atoms with E-state index in [1.54, 1.807) is 11.3 Å². The topological polar surface area (TPSA) is 42.0 Å². The Hall–Kier alpha value is -1.79. The van der Waals surface area contributed by atoms with Gasteiger partial charge in [-0.1, -0.05) is 17.4 Å². The smallest absolute Gasteiger partial charge is 0.232 e. The van der Waals surface area contributed by atoms with E-state index in [-0.39, 0.29) is 5.91 Å². The molecule has 2 heterocycles. The van der Waals surface area contributed by atoms with Crippen LogP contribution in [-0.4, -0.2) is 17.1 Å². The zero-order valence-corrected chi connectivity index (χ0v) is 13.4. The Bertz CT molecular complexity index is 870. The van der Waals surface area contributed by atoms with E-state index in [9.17, 15) is 9.18 Å². The number of halogens is 1. The van der Waals surface area contributed by atoms with Crippen LogP contribution >= 0.6 is 22.7 Å². The zero-order chi connectivity index (χ0) is 15.3. The van der Waals surface area contributed by atoms with Crippen molar-refractivity contribution in [1.29, 1.82) is 0 Å². The lowest BCUT2D eigenvalue weighted by Crippen LogP contribution is -2.14. The number of hydrogen-bond donors (Lipinski definition) is 1. The summed E-state index contributed by atoms with van der Waals surface area (Å²) in [6, 6.07) is 8.24. The number of carbonyl (C=O) groups excluding carboxylic acids is 1.